The van der Waals surface area contributed by atoms with Gasteiger partial charge in [0.1, 0.15) is 6.61 Å². The number of aliphatic hydroxyl groups is 1. The predicted octanol–water partition coefficient (Wildman–Crippen LogP) is 3.06. The summed E-state index contributed by atoms with van der Waals surface area (Å²) in [4.78, 5) is 24.0. The zero-order valence-corrected chi connectivity index (χ0v) is 17.2. The van der Waals surface area contributed by atoms with Crippen molar-refractivity contribution in [1.29, 1.82) is 0 Å². The van der Waals surface area contributed by atoms with Crippen molar-refractivity contribution in [1.82, 2.24) is 5.32 Å². The summed E-state index contributed by atoms with van der Waals surface area (Å²) in [5, 5.41) is 22.6. The van der Waals surface area contributed by atoms with Crippen molar-refractivity contribution in [3.8, 4) is 0 Å². The highest BCUT2D eigenvalue weighted by molar-refractivity contribution is 5.79. The maximum atomic E-state index is 12.2. The number of hydrogen-bond acceptors (Lipinski definition) is 6. The van der Waals surface area contributed by atoms with E-state index in [-0.39, 0.29) is 13.0 Å². The first kappa shape index (κ1) is 24.1. The molecule has 3 N–H and O–H groups in total. The fraction of sp³-hybridized carbons (Fsp3) is 0.619. The largest absolute Gasteiger partial charge is 0.481 e. The summed E-state index contributed by atoms with van der Waals surface area (Å²) < 4.78 is 10.6. The van der Waals surface area contributed by atoms with E-state index in [1.54, 1.807) is 20.8 Å². The molecule has 0 aliphatic rings. The van der Waals surface area contributed by atoms with Gasteiger partial charge in [0.15, 0.2) is 0 Å². The van der Waals surface area contributed by atoms with Crippen molar-refractivity contribution >= 4 is 11.9 Å². The molecule has 28 heavy (non-hydrogen) atoms. The van der Waals surface area contributed by atoms with Gasteiger partial charge in [0, 0.05) is 6.04 Å². The fourth-order valence-corrected chi connectivity index (χ4v) is 2.75. The number of benzene rings is 1. The van der Waals surface area contributed by atoms with Gasteiger partial charge in [0.2, 0.25) is 6.41 Å². The third-order valence-electron chi connectivity index (χ3n) is 4.12. The van der Waals surface area contributed by atoms with Crippen LogP contribution in [0.2, 0.25) is 0 Å². The van der Waals surface area contributed by atoms with E-state index in [4.69, 9.17) is 9.47 Å². The number of carbonyl (C=O) groups is 2. The number of hydrogen-bond donors (Lipinski definition) is 3. The highest BCUT2D eigenvalue weighted by Gasteiger charge is 2.32. The van der Waals surface area contributed by atoms with Gasteiger partial charge >= 0.3 is 11.9 Å². The molecule has 7 heteroatoms. The second-order valence-electron chi connectivity index (χ2n) is 7.79. The van der Waals surface area contributed by atoms with Gasteiger partial charge in [-0.05, 0) is 32.8 Å². The van der Waals surface area contributed by atoms with E-state index < -0.39 is 35.9 Å². The zero-order valence-electron chi connectivity index (χ0n) is 17.2. The number of esters is 1. The zero-order chi connectivity index (χ0) is 21.2. The Morgan fingerprint density at radius 1 is 1.18 bits per heavy atom. The van der Waals surface area contributed by atoms with Crippen LogP contribution in [0.25, 0.3) is 0 Å². The van der Waals surface area contributed by atoms with Crippen molar-refractivity contribution in [2.75, 3.05) is 0 Å². The van der Waals surface area contributed by atoms with E-state index in [9.17, 15) is 19.8 Å². The summed E-state index contributed by atoms with van der Waals surface area (Å²) >= 11 is 0. The number of ether oxygens (including phenoxy) is 2. The lowest BCUT2D eigenvalue weighted by molar-refractivity contribution is -0.189. The van der Waals surface area contributed by atoms with Crippen LogP contribution in [0.5, 0.6) is 0 Å². The van der Waals surface area contributed by atoms with E-state index in [1.165, 1.54) is 0 Å². The quantitative estimate of drug-likeness (QED) is 0.369. The molecule has 0 fully saturated rings. The second-order valence-corrected chi connectivity index (χ2v) is 7.79. The van der Waals surface area contributed by atoms with Crippen LogP contribution in [-0.4, -0.2) is 40.2 Å². The summed E-state index contributed by atoms with van der Waals surface area (Å²) in [5.41, 5.74) is 0.229. The highest BCUT2D eigenvalue weighted by atomic mass is 16.6. The van der Waals surface area contributed by atoms with Crippen LogP contribution < -0.4 is 5.32 Å². The number of unbranched alkanes of at least 4 members (excludes halogenated alkanes) is 1. The molecule has 1 rings (SSSR count). The SMILES string of the molecule is CCCCC(NC(O)OC(C)(C)C)C(CC(=O)OCc1ccccc1)C(=O)O. The maximum Gasteiger partial charge on any atom is 0.308 e. The topological polar surface area (TPSA) is 105 Å². The molecule has 0 heterocycles. The van der Waals surface area contributed by atoms with Crippen LogP contribution in [0.15, 0.2) is 30.3 Å². The number of carbonyl (C=O) groups excluding carboxylic acids is 1. The average molecular weight is 395 g/mol. The lowest BCUT2D eigenvalue weighted by Crippen LogP contribution is -2.49. The van der Waals surface area contributed by atoms with Crippen LogP contribution in [0.1, 0.15) is 58.9 Å². The fourth-order valence-electron chi connectivity index (χ4n) is 2.75. The summed E-state index contributed by atoms with van der Waals surface area (Å²) in [6.45, 7) is 7.44. The van der Waals surface area contributed by atoms with E-state index in [2.05, 4.69) is 5.32 Å². The third-order valence-corrected chi connectivity index (χ3v) is 4.12. The normalized spacial score (nSPS) is 14.9. The Hall–Kier alpha value is -1.96. The molecular weight excluding hydrogens is 362 g/mol. The molecule has 3 unspecified atom stereocenters. The summed E-state index contributed by atoms with van der Waals surface area (Å²) in [6.07, 6.45) is 0.488. The molecule has 7 nitrogen and oxygen atoms in total. The van der Waals surface area contributed by atoms with Crippen LogP contribution in [0, 0.1) is 5.92 Å². The molecule has 1 aromatic rings. The first-order valence-electron chi connectivity index (χ1n) is 9.66. The number of nitrogens with one attached hydrogen (secondary N) is 1. The van der Waals surface area contributed by atoms with Gasteiger partial charge in [-0.2, -0.15) is 0 Å². The minimum Gasteiger partial charge on any atom is -0.481 e. The summed E-state index contributed by atoms with van der Waals surface area (Å²) in [6, 6.07) is 8.57. The standard InChI is InChI=1S/C21H33NO6/c1-5-6-12-17(22-20(26)28-21(2,3)4)16(19(24)25)13-18(23)27-14-15-10-8-7-9-11-15/h7-11,16-17,20,22,26H,5-6,12-14H2,1-4H3,(H,24,25). The Morgan fingerprint density at radius 2 is 1.82 bits per heavy atom. The van der Waals surface area contributed by atoms with Crippen molar-refractivity contribution in [2.24, 2.45) is 5.92 Å². The predicted molar refractivity (Wildman–Crippen MR) is 105 cm³/mol. The Balaban J connectivity index is 2.74. The van der Waals surface area contributed by atoms with Gasteiger partial charge in [-0.15, -0.1) is 0 Å². The minimum atomic E-state index is -1.33. The first-order valence-corrected chi connectivity index (χ1v) is 9.66. The van der Waals surface area contributed by atoms with Gasteiger partial charge in [-0.1, -0.05) is 50.1 Å². The van der Waals surface area contributed by atoms with Crippen molar-refractivity contribution in [3.05, 3.63) is 35.9 Å². The van der Waals surface area contributed by atoms with E-state index in [1.807, 2.05) is 37.3 Å². The molecule has 3 atom stereocenters. The molecule has 0 amide bonds. The molecule has 0 saturated carbocycles. The van der Waals surface area contributed by atoms with Crippen molar-refractivity contribution in [3.63, 3.8) is 0 Å². The molecule has 0 saturated heterocycles. The molecule has 0 bridgehead atoms. The Kier molecular flexibility index (Phi) is 10.1. The Bertz CT molecular complexity index is 599. The number of carboxylic acids is 1. The molecule has 158 valence electrons. The molecule has 0 aliphatic heterocycles. The molecule has 0 spiro atoms. The lowest BCUT2D eigenvalue weighted by Gasteiger charge is -2.30. The molecule has 0 radical (unpaired) electrons. The van der Waals surface area contributed by atoms with Crippen LogP contribution >= 0.6 is 0 Å². The molecule has 1 aromatic carbocycles. The maximum absolute atomic E-state index is 12.2. The average Bonchev–Trinajstić information content (AvgIpc) is 2.60. The lowest BCUT2D eigenvalue weighted by atomic mass is 9.92. The first-order chi connectivity index (χ1) is 13.1. The van der Waals surface area contributed by atoms with Crippen LogP contribution in [0.4, 0.5) is 0 Å². The molecule has 0 aromatic heterocycles. The smallest absolute Gasteiger partial charge is 0.308 e. The molecule has 0 aliphatic carbocycles. The van der Waals surface area contributed by atoms with Crippen LogP contribution in [0.3, 0.4) is 0 Å². The summed E-state index contributed by atoms with van der Waals surface area (Å²) in [7, 11) is 0. The van der Waals surface area contributed by atoms with E-state index in [0.717, 1.165) is 18.4 Å². The Labute approximate surface area is 167 Å². The van der Waals surface area contributed by atoms with Crippen molar-refractivity contribution in [2.45, 2.75) is 78.0 Å². The monoisotopic (exact) mass is 395 g/mol. The second kappa shape index (κ2) is 11.8. The Morgan fingerprint density at radius 3 is 2.36 bits per heavy atom. The van der Waals surface area contributed by atoms with Gasteiger partial charge in [-0.3, -0.25) is 14.9 Å². The summed E-state index contributed by atoms with van der Waals surface area (Å²) in [5.74, 6) is -2.74. The number of aliphatic carboxylic acids is 1. The van der Waals surface area contributed by atoms with Gasteiger partial charge < -0.3 is 19.7 Å². The van der Waals surface area contributed by atoms with Gasteiger partial charge in [-0.25, -0.2) is 0 Å². The van der Waals surface area contributed by atoms with Crippen LogP contribution in [-0.2, 0) is 25.7 Å². The molecular formula is C21H33NO6. The number of aliphatic hydroxyl groups excluding tert-OH is 1. The third kappa shape index (κ3) is 9.82. The van der Waals surface area contributed by atoms with E-state index in [0.29, 0.717) is 6.42 Å². The van der Waals surface area contributed by atoms with E-state index >= 15 is 0 Å². The van der Waals surface area contributed by atoms with Gasteiger partial charge in [0.25, 0.3) is 0 Å². The van der Waals surface area contributed by atoms with Crippen molar-refractivity contribution < 1.29 is 29.3 Å². The minimum absolute atomic E-state index is 0.0921. The van der Waals surface area contributed by atoms with Gasteiger partial charge in [0.05, 0.1) is 17.9 Å². The number of carboxylic acid groups (broad SMARTS) is 1. The highest BCUT2D eigenvalue weighted by Crippen LogP contribution is 2.19. The number of rotatable bonds is 12.